The van der Waals surface area contributed by atoms with Crippen LogP contribution in [0.1, 0.15) is 0 Å². The highest BCUT2D eigenvalue weighted by Gasteiger charge is 1.87. The first-order valence-electron chi connectivity index (χ1n) is 3.07. The van der Waals surface area contributed by atoms with E-state index in [2.05, 4.69) is 53.7 Å². The van der Waals surface area contributed by atoms with Gasteiger partial charge < -0.3 is 0 Å². The maximum Gasteiger partial charge on any atom is 0.154 e. The molecule has 0 saturated carbocycles. The van der Waals surface area contributed by atoms with E-state index in [1.807, 2.05) is 0 Å². The smallest absolute Gasteiger partial charge is 0.0849 e. The van der Waals surface area contributed by atoms with Gasteiger partial charge in [-0.2, -0.15) is 0 Å². The molecular weight excluding hydrogens is 222 g/mol. The lowest BCUT2D eigenvalue weighted by Crippen LogP contribution is -2.08. The Kier molecular flexibility index (Phi) is 2.57. The standard InChI is InChI=1S/C7H8BI/c1-8-6-2-4-7(9)5-3-6/h2-5,8H,1H3. The highest BCUT2D eigenvalue weighted by Crippen LogP contribution is 1.99. The molecule has 0 atom stereocenters. The van der Waals surface area contributed by atoms with Crippen molar-refractivity contribution in [3.63, 3.8) is 0 Å². The van der Waals surface area contributed by atoms with Gasteiger partial charge in [0.05, 0.1) is 0 Å². The van der Waals surface area contributed by atoms with Crippen LogP contribution in [0.5, 0.6) is 0 Å². The van der Waals surface area contributed by atoms with E-state index in [9.17, 15) is 0 Å². The van der Waals surface area contributed by atoms with Crippen LogP contribution in [0.4, 0.5) is 0 Å². The Hall–Kier alpha value is 0.0149. The van der Waals surface area contributed by atoms with Gasteiger partial charge in [-0.1, -0.05) is 24.4 Å². The van der Waals surface area contributed by atoms with Crippen molar-refractivity contribution >= 4 is 35.3 Å². The lowest BCUT2D eigenvalue weighted by molar-refractivity contribution is 1.69. The lowest BCUT2D eigenvalue weighted by atomic mass is 9.74. The maximum atomic E-state index is 2.31. The van der Waals surface area contributed by atoms with Crippen LogP contribution < -0.4 is 5.46 Å². The van der Waals surface area contributed by atoms with Crippen LogP contribution in [0.2, 0.25) is 6.82 Å². The van der Waals surface area contributed by atoms with E-state index in [0.717, 1.165) is 7.28 Å². The van der Waals surface area contributed by atoms with Gasteiger partial charge in [0.25, 0.3) is 0 Å². The van der Waals surface area contributed by atoms with E-state index in [1.165, 1.54) is 9.03 Å². The van der Waals surface area contributed by atoms with Gasteiger partial charge in [-0.05, 0) is 34.7 Å². The zero-order valence-electron chi connectivity index (χ0n) is 5.39. The molecule has 0 radical (unpaired) electrons. The second-order valence-electron chi connectivity index (χ2n) is 1.98. The van der Waals surface area contributed by atoms with E-state index in [4.69, 9.17) is 0 Å². The summed E-state index contributed by atoms with van der Waals surface area (Å²) in [5.41, 5.74) is 1.41. The molecule has 0 aliphatic carbocycles. The molecule has 46 valence electrons. The number of benzene rings is 1. The van der Waals surface area contributed by atoms with Crippen molar-refractivity contribution in [1.29, 1.82) is 0 Å². The summed E-state index contributed by atoms with van der Waals surface area (Å²) in [6.45, 7) is 2.17. The minimum Gasteiger partial charge on any atom is -0.0849 e. The number of hydrogen-bond acceptors (Lipinski definition) is 0. The van der Waals surface area contributed by atoms with Gasteiger partial charge in [0.15, 0.2) is 7.28 Å². The molecule has 0 aliphatic rings. The fourth-order valence-electron chi connectivity index (χ4n) is 0.720. The van der Waals surface area contributed by atoms with Gasteiger partial charge in [-0.15, -0.1) is 0 Å². The molecule has 0 N–H and O–H groups in total. The van der Waals surface area contributed by atoms with Crippen molar-refractivity contribution in [2.75, 3.05) is 0 Å². The SMILES string of the molecule is CBc1ccc(I)cc1. The molecule has 1 rings (SSSR count). The van der Waals surface area contributed by atoms with Gasteiger partial charge in [-0.3, -0.25) is 0 Å². The third-order valence-corrected chi connectivity index (χ3v) is 2.04. The topological polar surface area (TPSA) is 0 Å². The summed E-state index contributed by atoms with van der Waals surface area (Å²) in [5.74, 6) is 0. The maximum absolute atomic E-state index is 2.31. The first-order valence-corrected chi connectivity index (χ1v) is 4.15. The van der Waals surface area contributed by atoms with E-state index in [0.29, 0.717) is 0 Å². The highest BCUT2D eigenvalue weighted by molar-refractivity contribution is 14.1. The molecule has 0 aromatic heterocycles. The number of halogens is 1. The van der Waals surface area contributed by atoms with Crippen molar-refractivity contribution in [3.8, 4) is 0 Å². The van der Waals surface area contributed by atoms with Crippen LogP contribution in [0.25, 0.3) is 0 Å². The second kappa shape index (κ2) is 3.25. The van der Waals surface area contributed by atoms with E-state index < -0.39 is 0 Å². The normalized spacial score (nSPS) is 9.11. The molecule has 0 nitrogen and oxygen atoms in total. The summed E-state index contributed by atoms with van der Waals surface area (Å²) >= 11 is 2.31. The summed E-state index contributed by atoms with van der Waals surface area (Å²) in [4.78, 5) is 0. The zero-order valence-corrected chi connectivity index (χ0v) is 7.55. The third-order valence-electron chi connectivity index (χ3n) is 1.32. The highest BCUT2D eigenvalue weighted by atomic mass is 127. The van der Waals surface area contributed by atoms with Crippen LogP contribution in [0.3, 0.4) is 0 Å². The average molecular weight is 230 g/mol. The van der Waals surface area contributed by atoms with Gasteiger partial charge in [0.1, 0.15) is 0 Å². The van der Waals surface area contributed by atoms with Crippen LogP contribution >= 0.6 is 22.6 Å². The second-order valence-corrected chi connectivity index (χ2v) is 3.23. The van der Waals surface area contributed by atoms with Gasteiger partial charge >= 0.3 is 0 Å². The van der Waals surface area contributed by atoms with Gasteiger partial charge in [0, 0.05) is 3.57 Å². The fraction of sp³-hybridized carbons (Fsp3) is 0.143. The van der Waals surface area contributed by atoms with Crippen LogP contribution in [-0.4, -0.2) is 7.28 Å². The lowest BCUT2D eigenvalue weighted by Gasteiger charge is -1.92. The minimum absolute atomic E-state index is 1.14. The summed E-state index contributed by atoms with van der Waals surface area (Å²) < 4.78 is 1.31. The minimum atomic E-state index is 1.14. The predicted molar refractivity (Wildman–Crippen MR) is 51.8 cm³/mol. The summed E-state index contributed by atoms with van der Waals surface area (Å²) in [7, 11) is 1.14. The number of rotatable bonds is 1. The van der Waals surface area contributed by atoms with Crippen LogP contribution in [0.15, 0.2) is 24.3 Å². The van der Waals surface area contributed by atoms with Crippen molar-refractivity contribution in [1.82, 2.24) is 0 Å². The average Bonchev–Trinajstić information content (AvgIpc) is 1.90. The van der Waals surface area contributed by atoms with Crippen molar-refractivity contribution in [2.45, 2.75) is 6.82 Å². The molecule has 0 bridgehead atoms. The Labute approximate surface area is 70.0 Å². The first-order chi connectivity index (χ1) is 4.33. The molecule has 2 heteroatoms. The summed E-state index contributed by atoms with van der Waals surface area (Å²) in [6.07, 6.45) is 0. The molecule has 0 amide bonds. The summed E-state index contributed by atoms with van der Waals surface area (Å²) in [6, 6.07) is 8.61. The fourth-order valence-corrected chi connectivity index (χ4v) is 1.08. The quantitative estimate of drug-likeness (QED) is 0.505. The van der Waals surface area contributed by atoms with Gasteiger partial charge in [-0.25, -0.2) is 0 Å². The summed E-state index contributed by atoms with van der Waals surface area (Å²) in [5, 5.41) is 0. The van der Waals surface area contributed by atoms with E-state index >= 15 is 0 Å². The van der Waals surface area contributed by atoms with Crippen molar-refractivity contribution < 1.29 is 0 Å². The van der Waals surface area contributed by atoms with Crippen LogP contribution in [0, 0.1) is 3.57 Å². The molecule has 9 heavy (non-hydrogen) atoms. The van der Waals surface area contributed by atoms with Crippen molar-refractivity contribution in [2.24, 2.45) is 0 Å². The molecule has 1 aromatic rings. The molecule has 0 spiro atoms. The van der Waals surface area contributed by atoms with Gasteiger partial charge in [0.2, 0.25) is 0 Å². The Morgan fingerprint density at radius 1 is 1.22 bits per heavy atom. The first kappa shape index (κ1) is 7.13. The molecule has 1 aromatic carbocycles. The molecule has 0 heterocycles. The molecular formula is C7H8BI. The molecule has 0 unspecified atom stereocenters. The monoisotopic (exact) mass is 230 g/mol. The van der Waals surface area contributed by atoms with Crippen molar-refractivity contribution in [3.05, 3.63) is 27.8 Å². The molecule has 0 aliphatic heterocycles. The van der Waals surface area contributed by atoms with Crippen LogP contribution in [-0.2, 0) is 0 Å². The Morgan fingerprint density at radius 3 is 2.22 bits per heavy atom. The Morgan fingerprint density at radius 2 is 1.78 bits per heavy atom. The third kappa shape index (κ3) is 2.01. The van der Waals surface area contributed by atoms with E-state index in [-0.39, 0.29) is 0 Å². The molecule has 0 fully saturated rings. The largest absolute Gasteiger partial charge is 0.154 e. The Balaban J connectivity index is 2.88. The number of hydrogen-bond donors (Lipinski definition) is 0. The van der Waals surface area contributed by atoms with E-state index in [1.54, 1.807) is 0 Å². The molecule has 0 saturated heterocycles. The predicted octanol–water partition coefficient (Wildman–Crippen LogP) is 1.40. The Bertz CT molecular complexity index is 181. The zero-order chi connectivity index (χ0) is 6.69.